The average molecular weight is 224 g/mol. The molecule has 1 unspecified atom stereocenters. The maximum atomic E-state index is 5.21. The van der Waals surface area contributed by atoms with Crippen molar-refractivity contribution < 1.29 is 4.52 Å². The summed E-state index contributed by atoms with van der Waals surface area (Å²) in [6.45, 7) is 7.07. The predicted molar refractivity (Wildman–Crippen MR) is 62.3 cm³/mol. The number of hydrogen-bond donors (Lipinski definition) is 1. The lowest BCUT2D eigenvalue weighted by Gasteiger charge is -2.10. The van der Waals surface area contributed by atoms with Gasteiger partial charge in [-0.1, -0.05) is 6.92 Å². The molecule has 1 fully saturated rings. The van der Waals surface area contributed by atoms with E-state index in [1.165, 1.54) is 12.8 Å². The fourth-order valence-corrected chi connectivity index (χ4v) is 1.77. The summed E-state index contributed by atoms with van der Waals surface area (Å²) in [5.74, 6) is 1.43. The molecule has 1 N–H and O–H groups in total. The third-order valence-corrected chi connectivity index (χ3v) is 3.06. The van der Waals surface area contributed by atoms with E-state index in [0.717, 1.165) is 25.5 Å². The van der Waals surface area contributed by atoms with Gasteiger partial charge >= 0.3 is 0 Å². The Hall–Kier alpha value is -1.10. The second kappa shape index (κ2) is 5.30. The van der Waals surface area contributed by atoms with Crippen LogP contribution in [0.5, 0.6) is 0 Å². The molecule has 0 aromatic carbocycles. The monoisotopic (exact) mass is 224 g/mol. The lowest BCUT2D eigenvalue weighted by molar-refractivity contribution is 0.357. The third kappa shape index (κ3) is 2.72. The zero-order valence-corrected chi connectivity index (χ0v) is 10.1. The first-order valence-corrected chi connectivity index (χ1v) is 6.10. The van der Waals surface area contributed by atoms with Crippen LogP contribution in [0.3, 0.4) is 0 Å². The molecule has 5 nitrogen and oxygen atoms in total. The number of nitrogens with zero attached hydrogens (tertiary/aromatic N) is 3. The standard InChI is InChI=1S/C11H20N4O/c1-3-9(2)12-8-10-13-11(14-16-10)15-6-4-5-7-15/h9,12H,3-8H2,1-2H3. The molecule has 0 amide bonds. The van der Waals surface area contributed by atoms with Crippen LogP contribution in [0.15, 0.2) is 4.52 Å². The van der Waals surface area contributed by atoms with Crippen molar-refractivity contribution in [3.8, 4) is 0 Å². The first kappa shape index (κ1) is 11.4. The highest BCUT2D eigenvalue weighted by Crippen LogP contribution is 2.16. The second-order valence-electron chi connectivity index (χ2n) is 4.37. The van der Waals surface area contributed by atoms with Gasteiger partial charge in [-0.05, 0) is 31.3 Å². The first-order chi connectivity index (χ1) is 7.79. The molecule has 0 spiro atoms. The molecule has 2 rings (SSSR count). The van der Waals surface area contributed by atoms with E-state index >= 15 is 0 Å². The van der Waals surface area contributed by atoms with E-state index in [2.05, 4.69) is 34.2 Å². The van der Waals surface area contributed by atoms with Gasteiger partial charge in [-0.2, -0.15) is 4.98 Å². The van der Waals surface area contributed by atoms with Crippen LogP contribution >= 0.6 is 0 Å². The van der Waals surface area contributed by atoms with Gasteiger partial charge in [0.1, 0.15) is 0 Å². The minimum Gasteiger partial charge on any atom is -0.338 e. The fourth-order valence-electron chi connectivity index (χ4n) is 1.77. The highest BCUT2D eigenvalue weighted by atomic mass is 16.5. The number of rotatable bonds is 5. The SMILES string of the molecule is CCC(C)NCc1nc(N2CCCC2)no1. The predicted octanol–water partition coefficient (Wildman–Crippen LogP) is 1.56. The summed E-state index contributed by atoms with van der Waals surface area (Å²) < 4.78 is 5.21. The van der Waals surface area contributed by atoms with Crippen molar-refractivity contribution in [3.05, 3.63) is 5.89 Å². The average Bonchev–Trinajstić information content (AvgIpc) is 2.95. The lowest BCUT2D eigenvalue weighted by Crippen LogP contribution is -2.24. The Kier molecular flexibility index (Phi) is 3.77. The van der Waals surface area contributed by atoms with Crippen molar-refractivity contribution in [1.82, 2.24) is 15.5 Å². The molecule has 1 aliphatic rings. The third-order valence-electron chi connectivity index (χ3n) is 3.06. The Bertz CT molecular complexity index is 320. The zero-order chi connectivity index (χ0) is 11.4. The molecule has 90 valence electrons. The minimum absolute atomic E-state index is 0.488. The number of anilines is 1. The number of aromatic nitrogens is 2. The minimum atomic E-state index is 0.488. The summed E-state index contributed by atoms with van der Waals surface area (Å²) in [4.78, 5) is 6.56. The Labute approximate surface area is 96.2 Å². The molecule has 1 saturated heterocycles. The molecule has 2 heterocycles. The van der Waals surface area contributed by atoms with Crippen molar-refractivity contribution in [3.63, 3.8) is 0 Å². The van der Waals surface area contributed by atoms with Gasteiger partial charge in [0.2, 0.25) is 5.89 Å². The van der Waals surface area contributed by atoms with Gasteiger partial charge in [0, 0.05) is 19.1 Å². The smallest absolute Gasteiger partial charge is 0.266 e. The largest absolute Gasteiger partial charge is 0.338 e. The van der Waals surface area contributed by atoms with Crippen LogP contribution in [0.25, 0.3) is 0 Å². The van der Waals surface area contributed by atoms with Gasteiger partial charge in [0.05, 0.1) is 6.54 Å². The molecule has 0 bridgehead atoms. The first-order valence-electron chi connectivity index (χ1n) is 6.10. The number of hydrogen-bond acceptors (Lipinski definition) is 5. The maximum absolute atomic E-state index is 5.21. The van der Waals surface area contributed by atoms with Crippen molar-refractivity contribution in [1.29, 1.82) is 0 Å². The van der Waals surface area contributed by atoms with Crippen LogP contribution in [0.4, 0.5) is 5.95 Å². The van der Waals surface area contributed by atoms with Crippen molar-refractivity contribution in [2.45, 2.75) is 45.7 Å². The fraction of sp³-hybridized carbons (Fsp3) is 0.818. The molecule has 0 aliphatic carbocycles. The Morgan fingerprint density at radius 2 is 2.19 bits per heavy atom. The zero-order valence-electron chi connectivity index (χ0n) is 10.1. The summed E-state index contributed by atoms with van der Waals surface area (Å²) in [6.07, 6.45) is 3.57. The Balaban J connectivity index is 1.86. The molecule has 16 heavy (non-hydrogen) atoms. The Morgan fingerprint density at radius 1 is 1.44 bits per heavy atom. The summed E-state index contributed by atoms with van der Waals surface area (Å²) in [6, 6.07) is 0.488. The summed E-state index contributed by atoms with van der Waals surface area (Å²) in [7, 11) is 0. The maximum Gasteiger partial charge on any atom is 0.266 e. The molecule has 1 atom stereocenters. The van der Waals surface area contributed by atoms with Gasteiger partial charge in [0.15, 0.2) is 0 Å². The topological polar surface area (TPSA) is 54.2 Å². The van der Waals surface area contributed by atoms with Gasteiger partial charge < -0.3 is 14.7 Å². The quantitative estimate of drug-likeness (QED) is 0.822. The van der Waals surface area contributed by atoms with Crippen LogP contribution in [-0.2, 0) is 6.54 Å². The van der Waals surface area contributed by atoms with E-state index in [-0.39, 0.29) is 0 Å². The molecular formula is C11H20N4O. The van der Waals surface area contributed by atoms with E-state index in [0.29, 0.717) is 18.5 Å². The lowest BCUT2D eigenvalue weighted by atomic mass is 10.3. The highest BCUT2D eigenvalue weighted by molar-refractivity contribution is 5.28. The van der Waals surface area contributed by atoms with Crippen LogP contribution in [0.1, 0.15) is 39.0 Å². The molecule has 1 aromatic rings. The Morgan fingerprint density at radius 3 is 2.88 bits per heavy atom. The van der Waals surface area contributed by atoms with Gasteiger partial charge in [0.25, 0.3) is 5.95 Å². The molecule has 1 aliphatic heterocycles. The van der Waals surface area contributed by atoms with Crippen LogP contribution < -0.4 is 10.2 Å². The highest BCUT2D eigenvalue weighted by Gasteiger charge is 2.17. The van der Waals surface area contributed by atoms with Crippen molar-refractivity contribution >= 4 is 5.95 Å². The van der Waals surface area contributed by atoms with Gasteiger partial charge in [-0.15, -0.1) is 0 Å². The van der Waals surface area contributed by atoms with E-state index in [1.54, 1.807) is 0 Å². The van der Waals surface area contributed by atoms with Crippen molar-refractivity contribution in [2.75, 3.05) is 18.0 Å². The molecule has 1 aromatic heterocycles. The normalized spacial score (nSPS) is 18.0. The summed E-state index contributed by atoms with van der Waals surface area (Å²) in [5.41, 5.74) is 0. The van der Waals surface area contributed by atoms with Gasteiger partial charge in [-0.3, -0.25) is 0 Å². The molecule has 5 heteroatoms. The van der Waals surface area contributed by atoms with Crippen LogP contribution in [0.2, 0.25) is 0 Å². The molecular weight excluding hydrogens is 204 g/mol. The second-order valence-corrected chi connectivity index (χ2v) is 4.37. The van der Waals surface area contributed by atoms with E-state index in [9.17, 15) is 0 Å². The van der Waals surface area contributed by atoms with Gasteiger partial charge in [-0.25, -0.2) is 0 Å². The van der Waals surface area contributed by atoms with Crippen LogP contribution in [-0.4, -0.2) is 29.3 Å². The van der Waals surface area contributed by atoms with E-state index in [1.807, 2.05) is 0 Å². The van der Waals surface area contributed by atoms with E-state index in [4.69, 9.17) is 4.52 Å². The summed E-state index contributed by atoms with van der Waals surface area (Å²) >= 11 is 0. The molecule has 0 saturated carbocycles. The van der Waals surface area contributed by atoms with E-state index < -0.39 is 0 Å². The number of nitrogens with one attached hydrogen (secondary N) is 1. The van der Waals surface area contributed by atoms with Crippen LogP contribution in [0, 0.1) is 0 Å². The molecule has 0 radical (unpaired) electrons. The van der Waals surface area contributed by atoms with Crippen molar-refractivity contribution in [2.24, 2.45) is 0 Å². The summed E-state index contributed by atoms with van der Waals surface area (Å²) in [5, 5.41) is 7.34.